The van der Waals surface area contributed by atoms with Crippen molar-refractivity contribution in [2.75, 3.05) is 6.54 Å². The van der Waals surface area contributed by atoms with Gasteiger partial charge in [-0.3, -0.25) is 9.45 Å². The van der Waals surface area contributed by atoms with Crippen molar-refractivity contribution in [2.45, 2.75) is 58.7 Å². The third kappa shape index (κ3) is 7.02. The molecule has 1 N–H and O–H groups in total. The maximum absolute atomic E-state index is 10.9. The van der Waals surface area contributed by atoms with Crippen LogP contribution in [0.4, 0.5) is 0 Å². The minimum absolute atomic E-state index is 0.182. The fourth-order valence-corrected chi connectivity index (χ4v) is 3.93. The minimum Gasteiger partial charge on any atom is -0.299 e. The average Bonchev–Trinajstić information content (AvgIpc) is 2.63. The molecule has 0 aliphatic heterocycles. The molecule has 0 aromatic heterocycles. The lowest BCUT2D eigenvalue weighted by Gasteiger charge is -2.32. The highest BCUT2D eigenvalue weighted by molar-refractivity contribution is 7.80. The normalized spacial score (nSPS) is 13.4. The second-order valence-electron chi connectivity index (χ2n) is 7.61. The second kappa shape index (κ2) is 10.2. The fraction of sp³-hybridized carbons (Fsp3) is 0.455. The van der Waals surface area contributed by atoms with E-state index in [2.05, 4.69) is 55.0 Å². The van der Waals surface area contributed by atoms with Crippen LogP contribution in [0, 0.1) is 0 Å². The molecule has 0 fully saturated rings. The number of rotatable bonds is 10. The van der Waals surface area contributed by atoms with Crippen LogP contribution >= 0.6 is 0 Å². The van der Waals surface area contributed by atoms with E-state index in [1.807, 2.05) is 30.3 Å². The molecule has 5 nitrogen and oxygen atoms in total. The van der Waals surface area contributed by atoms with Crippen LogP contribution in [0.15, 0.2) is 54.6 Å². The van der Waals surface area contributed by atoms with Crippen LogP contribution in [-0.2, 0) is 21.2 Å². The molecule has 0 heterocycles. The van der Waals surface area contributed by atoms with E-state index in [9.17, 15) is 8.42 Å². The van der Waals surface area contributed by atoms with Crippen molar-refractivity contribution in [1.29, 1.82) is 0 Å². The molecular formula is C22H31NO4S. The maximum Gasteiger partial charge on any atom is 0.397 e. The first-order valence-corrected chi connectivity index (χ1v) is 11.0. The maximum atomic E-state index is 10.9. The molecule has 0 bridgehead atoms. The lowest BCUT2D eigenvalue weighted by Crippen LogP contribution is -2.38. The van der Waals surface area contributed by atoms with Crippen molar-refractivity contribution >= 4 is 10.4 Å². The van der Waals surface area contributed by atoms with Gasteiger partial charge in [-0.1, -0.05) is 54.6 Å². The molecule has 0 amide bonds. The molecule has 1 unspecified atom stereocenters. The topological polar surface area (TPSA) is 66.8 Å². The second-order valence-corrected chi connectivity index (χ2v) is 8.70. The molecule has 0 aliphatic carbocycles. The van der Waals surface area contributed by atoms with Gasteiger partial charge in [0.25, 0.3) is 0 Å². The van der Waals surface area contributed by atoms with Crippen LogP contribution in [0.3, 0.4) is 0 Å². The van der Waals surface area contributed by atoms with Crippen molar-refractivity contribution in [1.82, 2.24) is 4.90 Å². The van der Waals surface area contributed by atoms with Crippen LogP contribution in [0.25, 0.3) is 0 Å². The molecule has 28 heavy (non-hydrogen) atoms. The van der Waals surface area contributed by atoms with Gasteiger partial charge in [-0.25, -0.2) is 4.18 Å². The summed E-state index contributed by atoms with van der Waals surface area (Å²) >= 11 is 0. The van der Waals surface area contributed by atoms with Crippen LogP contribution in [0.5, 0.6) is 0 Å². The predicted octanol–water partition coefficient (Wildman–Crippen LogP) is 4.65. The Labute approximate surface area is 169 Å². The highest BCUT2D eigenvalue weighted by Crippen LogP contribution is 2.29. The molecule has 2 rings (SSSR count). The Morgan fingerprint density at radius 1 is 0.929 bits per heavy atom. The quantitative estimate of drug-likeness (QED) is 0.583. The van der Waals surface area contributed by atoms with E-state index in [-0.39, 0.29) is 12.5 Å². The minimum atomic E-state index is -4.45. The average molecular weight is 406 g/mol. The van der Waals surface area contributed by atoms with E-state index in [1.165, 1.54) is 5.56 Å². The van der Waals surface area contributed by atoms with Crippen molar-refractivity contribution in [3.05, 3.63) is 71.3 Å². The summed E-state index contributed by atoms with van der Waals surface area (Å²) in [7, 11) is -4.45. The van der Waals surface area contributed by atoms with Gasteiger partial charge in [0.05, 0.1) is 6.61 Å². The first-order chi connectivity index (χ1) is 13.2. The summed E-state index contributed by atoms with van der Waals surface area (Å²) in [6, 6.07) is 19.0. The summed E-state index contributed by atoms with van der Waals surface area (Å²) < 4.78 is 35.1. The van der Waals surface area contributed by atoms with Crippen LogP contribution in [-0.4, -0.2) is 36.5 Å². The molecule has 0 aliphatic rings. The van der Waals surface area contributed by atoms with Gasteiger partial charge in [-0.2, -0.15) is 8.42 Å². The number of hydrogen-bond acceptors (Lipinski definition) is 4. The predicted molar refractivity (Wildman–Crippen MR) is 113 cm³/mol. The molecule has 0 saturated carbocycles. The Kier molecular flexibility index (Phi) is 8.19. The molecular weight excluding hydrogens is 374 g/mol. The lowest BCUT2D eigenvalue weighted by atomic mass is 9.87. The molecule has 154 valence electrons. The Morgan fingerprint density at radius 2 is 1.54 bits per heavy atom. The third-order valence-corrected chi connectivity index (χ3v) is 5.35. The van der Waals surface area contributed by atoms with Gasteiger partial charge in [0.15, 0.2) is 0 Å². The third-order valence-electron chi connectivity index (χ3n) is 4.93. The van der Waals surface area contributed by atoms with Crippen LogP contribution in [0.2, 0.25) is 0 Å². The highest BCUT2D eigenvalue weighted by atomic mass is 32.3. The van der Waals surface area contributed by atoms with Crippen molar-refractivity contribution in [3.63, 3.8) is 0 Å². The number of hydrogen-bond donors (Lipinski definition) is 1. The van der Waals surface area contributed by atoms with Gasteiger partial charge in [0.2, 0.25) is 0 Å². The van der Waals surface area contributed by atoms with E-state index < -0.39 is 10.4 Å². The van der Waals surface area contributed by atoms with Gasteiger partial charge < -0.3 is 0 Å². The van der Waals surface area contributed by atoms with Crippen molar-refractivity contribution in [2.24, 2.45) is 0 Å². The summed E-state index contributed by atoms with van der Waals surface area (Å²) in [6.07, 6.45) is 0.947. The zero-order chi connectivity index (χ0) is 20.7. The summed E-state index contributed by atoms with van der Waals surface area (Å²) in [5, 5.41) is 0. The summed E-state index contributed by atoms with van der Waals surface area (Å²) in [5.41, 5.74) is 3.04. The molecule has 0 saturated heterocycles. The summed E-state index contributed by atoms with van der Waals surface area (Å²) in [5.74, 6) is 0.187. The largest absolute Gasteiger partial charge is 0.397 e. The van der Waals surface area contributed by atoms with Crippen LogP contribution in [0.1, 0.15) is 56.7 Å². The van der Waals surface area contributed by atoms with Crippen molar-refractivity contribution in [3.8, 4) is 0 Å². The van der Waals surface area contributed by atoms with E-state index in [4.69, 9.17) is 4.55 Å². The first kappa shape index (κ1) is 22.6. The lowest BCUT2D eigenvalue weighted by molar-refractivity contribution is 0.170. The zero-order valence-corrected chi connectivity index (χ0v) is 17.9. The van der Waals surface area contributed by atoms with Gasteiger partial charge >= 0.3 is 10.4 Å². The monoisotopic (exact) mass is 405 g/mol. The van der Waals surface area contributed by atoms with Crippen molar-refractivity contribution < 1.29 is 17.2 Å². The van der Waals surface area contributed by atoms with E-state index in [0.717, 1.165) is 18.5 Å². The van der Waals surface area contributed by atoms with Gasteiger partial charge in [-0.05, 0) is 57.4 Å². The van der Waals surface area contributed by atoms with Gasteiger partial charge in [0, 0.05) is 18.0 Å². The Balaban J connectivity index is 2.27. The van der Waals surface area contributed by atoms with Crippen LogP contribution < -0.4 is 0 Å². The van der Waals surface area contributed by atoms with Gasteiger partial charge in [-0.15, -0.1) is 0 Å². The standard InChI is InChI=1S/C22H31NO4S/c1-17(2)23(18(3)4)14-13-22(20-10-6-5-7-11-20)21-12-8-9-19(15-21)16-27-28(24,25)26/h5-12,15,17-18,22H,13-14,16H2,1-4H3,(H,24,25,26). The summed E-state index contributed by atoms with van der Waals surface area (Å²) in [6.45, 7) is 9.63. The molecule has 0 radical (unpaired) electrons. The molecule has 2 aromatic carbocycles. The fourth-order valence-electron chi connectivity index (χ4n) is 3.64. The highest BCUT2D eigenvalue weighted by Gasteiger charge is 2.19. The summed E-state index contributed by atoms with van der Waals surface area (Å²) in [4.78, 5) is 2.47. The first-order valence-electron chi connectivity index (χ1n) is 9.68. The number of nitrogens with zero attached hydrogens (tertiary/aromatic N) is 1. The van der Waals surface area contributed by atoms with Gasteiger partial charge in [0.1, 0.15) is 0 Å². The Hall–Kier alpha value is -1.73. The SMILES string of the molecule is CC(C)N(CCC(c1ccccc1)c1cccc(COS(=O)(=O)O)c1)C(C)C. The van der Waals surface area contributed by atoms with E-state index in [1.54, 1.807) is 6.07 Å². The molecule has 6 heteroatoms. The van der Waals surface area contributed by atoms with E-state index >= 15 is 0 Å². The van der Waals surface area contributed by atoms with E-state index in [0.29, 0.717) is 17.6 Å². The molecule has 2 aromatic rings. The zero-order valence-electron chi connectivity index (χ0n) is 17.1. The number of benzene rings is 2. The Morgan fingerprint density at radius 3 is 2.11 bits per heavy atom. The molecule has 1 atom stereocenters. The molecule has 0 spiro atoms. The smallest absolute Gasteiger partial charge is 0.299 e. The Bertz CT molecular complexity index is 827.